The van der Waals surface area contributed by atoms with Crippen molar-refractivity contribution in [3.63, 3.8) is 0 Å². The molecular formula is C26H31N3O2. The fraction of sp³-hybridized carbons (Fsp3) is 0.346. The van der Waals surface area contributed by atoms with Crippen molar-refractivity contribution in [3.8, 4) is 0 Å². The quantitative estimate of drug-likeness (QED) is 0.437. The summed E-state index contributed by atoms with van der Waals surface area (Å²) < 4.78 is 1.51. The molecule has 2 aromatic carbocycles. The average molecular weight is 418 g/mol. The lowest BCUT2D eigenvalue weighted by atomic mass is 10.0. The second-order valence-electron chi connectivity index (χ2n) is 7.93. The number of nitrogens with one attached hydrogen (secondary N) is 1. The minimum absolute atomic E-state index is 0.154. The number of amides is 1. The van der Waals surface area contributed by atoms with E-state index in [1.807, 2.05) is 32.0 Å². The number of unbranched alkanes of at least 4 members (excludes halogenated alkanes) is 4. The third-order valence-corrected chi connectivity index (χ3v) is 5.59. The number of anilines is 1. The second kappa shape index (κ2) is 10.7. The summed E-state index contributed by atoms with van der Waals surface area (Å²) in [5.74, 6) is -0.333. The van der Waals surface area contributed by atoms with Gasteiger partial charge in [0.1, 0.15) is 0 Å². The van der Waals surface area contributed by atoms with E-state index in [2.05, 4.69) is 17.3 Å². The molecular weight excluding hydrogens is 386 g/mol. The minimum atomic E-state index is -0.179. The van der Waals surface area contributed by atoms with Gasteiger partial charge in [0.05, 0.1) is 5.69 Å². The van der Waals surface area contributed by atoms with Crippen LogP contribution in [0.2, 0.25) is 0 Å². The van der Waals surface area contributed by atoms with Crippen LogP contribution in [-0.4, -0.2) is 21.6 Å². The molecule has 3 aromatic rings. The summed E-state index contributed by atoms with van der Waals surface area (Å²) in [6.07, 6.45) is 7.06. The number of rotatable bonds is 9. The molecule has 0 aliphatic rings. The highest BCUT2D eigenvalue weighted by atomic mass is 16.2. The van der Waals surface area contributed by atoms with Gasteiger partial charge in [-0.3, -0.25) is 9.59 Å². The van der Waals surface area contributed by atoms with Crippen LogP contribution < -0.4 is 5.32 Å². The lowest BCUT2D eigenvalue weighted by molar-refractivity contribution is 0.0941. The van der Waals surface area contributed by atoms with E-state index in [1.54, 1.807) is 36.4 Å². The van der Waals surface area contributed by atoms with Crippen molar-refractivity contribution in [2.75, 3.05) is 5.32 Å². The van der Waals surface area contributed by atoms with Gasteiger partial charge in [0.2, 0.25) is 0 Å². The molecule has 0 aliphatic carbocycles. The van der Waals surface area contributed by atoms with Crippen molar-refractivity contribution >= 4 is 17.5 Å². The topological polar surface area (TPSA) is 64.0 Å². The molecule has 0 fully saturated rings. The first kappa shape index (κ1) is 22.5. The summed E-state index contributed by atoms with van der Waals surface area (Å²) in [5.41, 5.74) is 4.79. The molecule has 0 atom stereocenters. The molecule has 5 heteroatoms. The zero-order valence-corrected chi connectivity index (χ0v) is 18.6. The molecule has 1 aromatic heterocycles. The number of benzene rings is 2. The van der Waals surface area contributed by atoms with Crippen molar-refractivity contribution in [1.82, 2.24) is 9.78 Å². The Morgan fingerprint density at radius 2 is 1.55 bits per heavy atom. The van der Waals surface area contributed by atoms with Crippen LogP contribution >= 0.6 is 0 Å². The molecule has 0 saturated carbocycles. The summed E-state index contributed by atoms with van der Waals surface area (Å²) in [4.78, 5) is 25.3. The lowest BCUT2D eigenvalue weighted by Gasteiger charge is -2.08. The van der Waals surface area contributed by atoms with Crippen LogP contribution in [0.3, 0.4) is 0 Å². The van der Waals surface area contributed by atoms with E-state index in [0.29, 0.717) is 16.8 Å². The predicted molar refractivity (Wildman–Crippen MR) is 125 cm³/mol. The Kier molecular flexibility index (Phi) is 7.76. The molecule has 5 nitrogen and oxygen atoms in total. The zero-order valence-electron chi connectivity index (χ0n) is 18.6. The summed E-state index contributed by atoms with van der Waals surface area (Å²) in [5, 5.41) is 7.36. The first-order chi connectivity index (χ1) is 15.0. The number of hydrogen-bond acceptors (Lipinski definition) is 3. The van der Waals surface area contributed by atoms with E-state index >= 15 is 0 Å². The average Bonchev–Trinajstić information content (AvgIpc) is 3.07. The van der Waals surface area contributed by atoms with E-state index in [9.17, 15) is 9.59 Å². The van der Waals surface area contributed by atoms with Crippen molar-refractivity contribution in [1.29, 1.82) is 0 Å². The Balaban J connectivity index is 1.66. The number of aryl methyl sites for hydroxylation is 1. The van der Waals surface area contributed by atoms with Crippen LogP contribution in [0, 0.1) is 13.8 Å². The standard InChI is InChI=1S/C26H31N3O2/c1-4-5-6-7-11-14-24-19(2)28-29(20(24)3)26(31)22-15-17-23(18-16-22)27-25(30)21-12-9-8-10-13-21/h8-10,12-13,15-18H,4-7,11,14H2,1-3H3,(H,27,30). The van der Waals surface area contributed by atoms with Gasteiger partial charge in [-0.15, -0.1) is 0 Å². The highest BCUT2D eigenvalue weighted by Gasteiger charge is 2.18. The lowest BCUT2D eigenvalue weighted by Crippen LogP contribution is -2.16. The van der Waals surface area contributed by atoms with E-state index in [-0.39, 0.29) is 11.8 Å². The molecule has 1 N–H and O–H groups in total. The third-order valence-electron chi connectivity index (χ3n) is 5.59. The summed E-state index contributed by atoms with van der Waals surface area (Å²) >= 11 is 0. The summed E-state index contributed by atoms with van der Waals surface area (Å²) in [6, 6.07) is 16.0. The van der Waals surface area contributed by atoms with E-state index in [1.165, 1.54) is 35.9 Å². The summed E-state index contributed by atoms with van der Waals surface area (Å²) in [6.45, 7) is 6.15. The smallest absolute Gasteiger partial charge is 0.278 e. The Morgan fingerprint density at radius 3 is 2.23 bits per heavy atom. The molecule has 162 valence electrons. The summed E-state index contributed by atoms with van der Waals surface area (Å²) in [7, 11) is 0. The molecule has 0 unspecified atom stereocenters. The Labute approximate surface area is 184 Å². The zero-order chi connectivity index (χ0) is 22.2. The van der Waals surface area contributed by atoms with Gasteiger partial charge in [-0.25, -0.2) is 4.68 Å². The van der Waals surface area contributed by atoms with Crippen molar-refractivity contribution < 1.29 is 9.59 Å². The largest absolute Gasteiger partial charge is 0.322 e. The second-order valence-corrected chi connectivity index (χ2v) is 7.93. The number of nitrogens with zero attached hydrogens (tertiary/aromatic N) is 2. The molecule has 3 rings (SSSR count). The molecule has 0 aliphatic heterocycles. The van der Waals surface area contributed by atoms with Crippen molar-refractivity contribution in [2.45, 2.75) is 59.3 Å². The molecule has 0 saturated heterocycles. The highest BCUT2D eigenvalue weighted by Crippen LogP contribution is 2.19. The monoisotopic (exact) mass is 417 g/mol. The molecule has 0 spiro atoms. The molecule has 0 radical (unpaired) electrons. The predicted octanol–water partition coefficient (Wildman–Crippen LogP) is 5.95. The normalized spacial score (nSPS) is 10.8. The first-order valence-electron chi connectivity index (χ1n) is 11.1. The molecule has 0 bridgehead atoms. The van der Waals surface area contributed by atoms with Crippen LogP contribution in [0.25, 0.3) is 0 Å². The Hall–Kier alpha value is -3.21. The Morgan fingerprint density at radius 1 is 0.871 bits per heavy atom. The van der Waals surface area contributed by atoms with Crippen LogP contribution in [0.1, 0.15) is 76.7 Å². The van der Waals surface area contributed by atoms with Gasteiger partial charge in [0.25, 0.3) is 11.8 Å². The van der Waals surface area contributed by atoms with Gasteiger partial charge in [-0.1, -0.05) is 50.8 Å². The molecule has 1 heterocycles. The van der Waals surface area contributed by atoms with Gasteiger partial charge in [-0.05, 0) is 68.7 Å². The minimum Gasteiger partial charge on any atom is -0.322 e. The van der Waals surface area contributed by atoms with E-state index < -0.39 is 0 Å². The first-order valence-corrected chi connectivity index (χ1v) is 11.1. The van der Waals surface area contributed by atoms with Gasteiger partial charge in [0, 0.05) is 22.5 Å². The molecule has 1 amide bonds. The number of carbonyl (C=O) groups is 2. The van der Waals surface area contributed by atoms with Crippen molar-refractivity contribution in [2.24, 2.45) is 0 Å². The van der Waals surface area contributed by atoms with E-state index in [0.717, 1.165) is 24.2 Å². The number of aromatic nitrogens is 2. The van der Waals surface area contributed by atoms with Crippen LogP contribution in [0.15, 0.2) is 54.6 Å². The van der Waals surface area contributed by atoms with E-state index in [4.69, 9.17) is 0 Å². The maximum absolute atomic E-state index is 13.0. The van der Waals surface area contributed by atoms with Crippen LogP contribution in [-0.2, 0) is 6.42 Å². The molecule has 31 heavy (non-hydrogen) atoms. The van der Waals surface area contributed by atoms with Gasteiger partial charge < -0.3 is 5.32 Å². The van der Waals surface area contributed by atoms with Gasteiger partial charge in [-0.2, -0.15) is 5.10 Å². The van der Waals surface area contributed by atoms with Gasteiger partial charge >= 0.3 is 0 Å². The fourth-order valence-corrected chi connectivity index (χ4v) is 3.75. The fourth-order valence-electron chi connectivity index (χ4n) is 3.75. The van der Waals surface area contributed by atoms with Crippen molar-refractivity contribution in [3.05, 3.63) is 82.7 Å². The third kappa shape index (κ3) is 5.69. The van der Waals surface area contributed by atoms with Crippen LogP contribution in [0.5, 0.6) is 0 Å². The maximum atomic E-state index is 13.0. The maximum Gasteiger partial charge on any atom is 0.278 e. The number of hydrogen-bond donors (Lipinski definition) is 1. The number of carbonyl (C=O) groups excluding carboxylic acids is 2. The van der Waals surface area contributed by atoms with Gasteiger partial charge in [0.15, 0.2) is 0 Å². The van der Waals surface area contributed by atoms with Crippen LogP contribution in [0.4, 0.5) is 5.69 Å². The Bertz CT molecular complexity index is 1020. The SMILES string of the molecule is CCCCCCCc1c(C)nn(C(=O)c2ccc(NC(=O)c3ccccc3)cc2)c1C. The highest BCUT2D eigenvalue weighted by molar-refractivity contribution is 6.04.